The van der Waals surface area contributed by atoms with E-state index in [-0.39, 0.29) is 22.9 Å². The van der Waals surface area contributed by atoms with Crippen LogP contribution >= 0.6 is 0 Å². The summed E-state index contributed by atoms with van der Waals surface area (Å²) < 4.78 is 0. The third kappa shape index (κ3) is 9.62. The van der Waals surface area contributed by atoms with E-state index < -0.39 is 11.5 Å². The number of nitrogens with one attached hydrogen (secondary N) is 3. The summed E-state index contributed by atoms with van der Waals surface area (Å²) >= 11 is 0. The number of hydrogen-bond donors (Lipinski definition) is 5. The van der Waals surface area contributed by atoms with Crippen LogP contribution in [0.4, 0.5) is 11.4 Å². The van der Waals surface area contributed by atoms with Crippen molar-refractivity contribution in [3.05, 3.63) is 128 Å². The Hall–Kier alpha value is -4.92. The van der Waals surface area contributed by atoms with Gasteiger partial charge in [0.05, 0.1) is 0 Å². The molecule has 0 radical (unpaired) electrons. The van der Waals surface area contributed by atoms with Gasteiger partial charge in [-0.25, -0.2) is 4.79 Å². The molecule has 0 aliphatic carbocycles. The third-order valence-electron chi connectivity index (χ3n) is 4.40. The summed E-state index contributed by atoms with van der Waals surface area (Å²) in [7, 11) is 0. The first-order valence-corrected chi connectivity index (χ1v) is 10.5. The van der Waals surface area contributed by atoms with Crippen molar-refractivity contribution in [1.82, 2.24) is 9.97 Å². The van der Waals surface area contributed by atoms with Crippen LogP contribution in [0.2, 0.25) is 0 Å². The lowest BCUT2D eigenvalue weighted by atomic mass is 10.2. The maximum atomic E-state index is 11.8. The fraction of sp³-hybridized carbons (Fsp3) is 0.0769. The van der Waals surface area contributed by atoms with E-state index in [0.717, 1.165) is 11.3 Å². The van der Waals surface area contributed by atoms with Gasteiger partial charge < -0.3 is 26.1 Å². The molecule has 0 spiro atoms. The summed E-state index contributed by atoms with van der Waals surface area (Å²) in [5, 5.41) is 11.0. The van der Waals surface area contributed by atoms with Crippen LogP contribution in [0.1, 0.15) is 32.1 Å². The number of aryl methyl sites for hydroxylation is 2. The van der Waals surface area contributed by atoms with Crippen molar-refractivity contribution in [2.45, 2.75) is 13.8 Å². The lowest BCUT2D eigenvalue weighted by molar-refractivity contribution is 0.0690. The molecule has 0 unspecified atom stereocenters. The minimum Gasteiger partial charge on any atom is -0.477 e. The number of nitrogens with two attached hydrogens (primary N) is 1. The molecule has 0 saturated heterocycles. The van der Waals surface area contributed by atoms with Crippen LogP contribution in [0.3, 0.4) is 0 Å². The second kappa shape index (κ2) is 12.9. The number of aromatic nitrogens is 2. The highest BCUT2D eigenvalue weighted by molar-refractivity contribution is 6.02. The number of H-pyrrole nitrogens is 2. The summed E-state index contributed by atoms with van der Waals surface area (Å²) in [5.41, 5.74) is 8.79. The van der Waals surface area contributed by atoms with Crippen molar-refractivity contribution >= 4 is 23.3 Å². The number of anilines is 2. The summed E-state index contributed by atoms with van der Waals surface area (Å²) in [4.78, 5) is 48.1. The van der Waals surface area contributed by atoms with Crippen molar-refractivity contribution in [3.63, 3.8) is 0 Å². The van der Waals surface area contributed by atoms with Gasteiger partial charge in [0, 0.05) is 23.5 Å². The van der Waals surface area contributed by atoms with Gasteiger partial charge in [-0.3, -0.25) is 14.4 Å². The van der Waals surface area contributed by atoms with Crippen molar-refractivity contribution in [2.24, 2.45) is 0 Å². The molecule has 2 heterocycles. The minimum atomic E-state index is -1.13. The Kier molecular flexibility index (Phi) is 9.74. The van der Waals surface area contributed by atoms with Crippen molar-refractivity contribution in [3.8, 4) is 0 Å². The molecule has 0 aliphatic rings. The number of carbonyl (C=O) groups excluding carboxylic acids is 1. The molecule has 2 aromatic carbocycles. The predicted octanol–water partition coefficient (Wildman–Crippen LogP) is 3.59. The molecule has 0 fully saturated rings. The zero-order valence-corrected chi connectivity index (χ0v) is 19.2. The molecule has 0 atom stereocenters. The number of aromatic amines is 2. The molecular formula is C26H26N4O5. The van der Waals surface area contributed by atoms with Gasteiger partial charge in [0.1, 0.15) is 11.4 Å². The van der Waals surface area contributed by atoms with Crippen LogP contribution in [0.25, 0.3) is 0 Å². The van der Waals surface area contributed by atoms with E-state index in [0.29, 0.717) is 5.69 Å². The van der Waals surface area contributed by atoms with Gasteiger partial charge in [-0.2, -0.15) is 0 Å². The second-order valence-electron chi connectivity index (χ2n) is 7.39. The molecular weight excluding hydrogens is 448 g/mol. The number of nitrogen functional groups attached to an aromatic ring is 1. The molecule has 9 heteroatoms. The van der Waals surface area contributed by atoms with E-state index in [9.17, 15) is 19.2 Å². The van der Waals surface area contributed by atoms with Gasteiger partial charge in [0.2, 0.25) is 11.1 Å². The molecule has 180 valence electrons. The first kappa shape index (κ1) is 26.3. The highest BCUT2D eigenvalue weighted by atomic mass is 16.4. The Balaban J connectivity index is 0.000000204. The Bertz CT molecular complexity index is 1350. The molecule has 4 aromatic rings. The number of amides is 1. The summed E-state index contributed by atoms with van der Waals surface area (Å²) in [6, 6.07) is 23.7. The van der Waals surface area contributed by atoms with Crippen LogP contribution < -0.4 is 22.2 Å². The molecule has 6 N–H and O–H groups in total. The molecule has 0 bridgehead atoms. The van der Waals surface area contributed by atoms with Crippen LogP contribution in [-0.2, 0) is 0 Å². The number of carbonyl (C=O) groups is 2. The number of pyridine rings is 2. The number of carboxylic acids is 1. The average molecular weight is 475 g/mol. The first-order valence-electron chi connectivity index (χ1n) is 10.5. The predicted molar refractivity (Wildman–Crippen MR) is 136 cm³/mol. The largest absolute Gasteiger partial charge is 0.477 e. The smallest absolute Gasteiger partial charge is 0.352 e. The molecule has 2 aromatic heterocycles. The monoisotopic (exact) mass is 474 g/mol. The van der Waals surface area contributed by atoms with E-state index in [1.54, 1.807) is 12.1 Å². The van der Waals surface area contributed by atoms with Gasteiger partial charge in [0.25, 0.3) is 5.91 Å². The number of carboxylic acid groups (broad SMARTS) is 1. The van der Waals surface area contributed by atoms with E-state index in [1.165, 1.54) is 29.8 Å². The Labute approximate surface area is 201 Å². The van der Waals surface area contributed by atoms with Crippen LogP contribution in [0, 0.1) is 13.8 Å². The normalized spacial score (nSPS) is 9.54. The minimum absolute atomic E-state index is 0.0903. The van der Waals surface area contributed by atoms with Crippen LogP contribution in [0.15, 0.2) is 94.5 Å². The average Bonchev–Trinajstić information content (AvgIpc) is 2.83. The van der Waals surface area contributed by atoms with Crippen molar-refractivity contribution in [2.75, 3.05) is 11.1 Å². The molecule has 1 amide bonds. The third-order valence-corrected chi connectivity index (χ3v) is 4.40. The Morgan fingerprint density at radius 3 is 1.60 bits per heavy atom. The molecule has 4 rings (SSSR count). The van der Waals surface area contributed by atoms with Crippen molar-refractivity contribution in [1.29, 1.82) is 0 Å². The fourth-order valence-electron chi connectivity index (χ4n) is 2.55. The zero-order chi connectivity index (χ0) is 25.8. The first-order chi connectivity index (χ1) is 16.6. The standard InChI is InChI=1S/C13H12N2O2.C7H9N.C6H5NO3/c1-9-5-7-10(8-6-9)14-13(17)11-3-2-4-12(16)15-11;1-6-2-4-7(8)5-3-6;8-5-3-1-2-4(7-5)6(9)10/h2-8H,1H3,(H,14,17)(H,15,16);2-5H,8H2,1H3;1-3H,(H,7,8)(H,9,10). The highest BCUT2D eigenvalue weighted by Crippen LogP contribution is 2.09. The number of hydrogen-bond acceptors (Lipinski definition) is 5. The zero-order valence-electron chi connectivity index (χ0n) is 19.2. The summed E-state index contributed by atoms with van der Waals surface area (Å²) in [6.45, 7) is 4.01. The SMILES string of the molecule is Cc1ccc(N)cc1.Cc1ccc(NC(=O)c2cccc(=O)[nH]2)cc1.O=C(O)c1cccc(=O)[nH]1. The molecule has 0 saturated carbocycles. The van der Waals surface area contributed by atoms with E-state index in [4.69, 9.17) is 10.8 Å². The Morgan fingerprint density at radius 1 is 0.714 bits per heavy atom. The number of rotatable bonds is 3. The van der Waals surface area contributed by atoms with Gasteiger partial charge >= 0.3 is 5.97 Å². The topological polar surface area (TPSA) is 158 Å². The second-order valence-corrected chi connectivity index (χ2v) is 7.39. The summed E-state index contributed by atoms with van der Waals surface area (Å²) in [6.07, 6.45) is 0. The quantitative estimate of drug-likeness (QED) is 0.286. The molecule has 9 nitrogen and oxygen atoms in total. The summed E-state index contributed by atoms with van der Waals surface area (Å²) in [5.74, 6) is -1.45. The van der Waals surface area contributed by atoms with E-state index >= 15 is 0 Å². The van der Waals surface area contributed by atoms with Crippen molar-refractivity contribution < 1.29 is 14.7 Å². The van der Waals surface area contributed by atoms with E-state index in [1.807, 2.05) is 62.4 Å². The number of benzene rings is 2. The molecule has 35 heavy (non-hydrogen) atoms. The fourth-order valence-corrected chi connectivity index (χ4v) is 2.55. The lowest BCUT2D eigenvalue weighted by Gasteiger charge is -2.04. The maximum Gasteiger partial charge on any atom is 0.352 e. The van der Waals surface area contributed by atoms with Gasteiger partial charge in [-0.1, -0.05) is 47.5 Å². The lowest BCUT2D eigenvalue weighted by Crippen LogP contribution is -2.17. The number of aromatic carboxylic acids is 1. The van der Waals surface area contributed by atoms with Crippen LogP contribution in [0.5, 0.6) is 0 Å². The van der Waals surface area contributed by atoms with Crippen LogP contribution in [-0.4, -0.2) is 27.0 Å². The van der Waals surface area contributed by atoms with Gasteiger partial charge in [0.15, 0.2) is 0 Å². The molecule has 0 aliphatic heterocycles. The van der Waals surface area contributed by atoms with Gasteiger partial charge in [-0.15, -0.1) is 0 Å². The van der Waals surface area contributed by atoms with E-state index in [2.05, 4.69) is 15.3 Å². The van der Waals surface area contributed by atoms with Gasteiger partial charge in [-0.05, 0) is 50.2 Å². The highest BCUT2D eigenvalue weighted by Gasteiger charge is 2.06. The Morgan fingerprint density at radius 2 is 1.17 bits per heavy atom. The maximum absolute atomic E-state index is 11.8.